The molecule has 1 aliphatic carbocycles. The van der Waals surface area contributed by atoms with Crippen LogP contribution in [0.15, 0.2) is 36.7 Å². The monoisotopic (exact) mass is 372 g/mol. The van der Waals surface area contributed by atoms with E-state index < -0.39 is 6.10 Å². The number of hydrogen-bond acceptors (Lipinski definition) is 7. The zero-order chi connectivity index (χ0) is 19.1. The largest absolute Gasteiger partial charge is 0.396 e. The lowest BCUT2D eigenvalue weighted by molar-refractivity contribution is 0.0716. The van der Waals surface area contributed by atoms with Crippen LogP contribution in [0, 0.1) is 11.8 Å². The van der Waals surface area contributed by atoms with Gasteiger partial charge in [-0.25, -0.2) is 9.97 Å². The predicted octanol–water partition coefficient (Wildman–Crippen LogP) is 0.751. The first-order valence-corrected chi connectivity index (χ1v) is 9.43. The van der Waals surface area contributed by atoms with Gasteiger partial charge in [-0.2, -0.15) is 0 Å². The molecule has 1 fully saturated rings. The summed E-state index contributed by atoms with van der Waals surface area (Å²) in [6.07, 6.45) is 4.99. The molecule has 2 aromatic heterocycles. The average Bonchev–Trinajstić information content (AvgIpc) is 3.00. The first-order chi connectivity index (χ1) is 13.2. The number of aliphatic hydroxyl groups is 2. The molecule has 0 aliphatic heterocycles. The van der Waals surface area contributed by atoms with E-state index in [1.54, 1.807) is 19.5 Å². The molecule has 3 N–H and O–H groups in total. The van der Waals surface area contributed by atoms with E-state index in [2.05, 4.69) is 20.3 Å². The first kappa shape index (κ1) is 19.8. The van der Waals surface area contributed by atoms with E-state index in [1.165, 1.54) is 0 Å². The molecule has 1 saturated carbocycles. The Morgan fingerprint density at radius 2 is 2.04 bits per heavy atom. The van der Waals surface area contributed by atoms with Crippen LogP contribution < -0.4 is 5.32 Å². The fraction of sp³-hybridized carbons (Fsp3) is 0.550. The molecule has 4 unspecified atom stereocenters. The van der Waals surface area contributed by atoms with E-state index in [1.807, 2.05) is 24.3 Å². The van der Waals surface area contributed by atoms with Crippen molar-refractivity contribution in [2.45, 2.75) is 38.0 Å². The summed E-state index contributed by atoms with van der Waals surface area (Å²) in [7, 11) is 1.66. The van der Waals surface area contributed by atoms with Gasteiger partial charge in [0.25, 0.3) is 0 Å². The Balaban J connectivity index is 1.69. The van der Waals surface area contributed by atoms with Gasteiger partial charge in [-0.15, -0.1) is 0 Å². The maximum absolute atomic E-state index is 10.4. The summed E-state index contributed by atoms with van der Waals surface area (Å²) in [5.74, 6) is 0.689. The number of nitrogens with zero attached hydrogens (tertiary/aromatic N) is 3. The van der Waals surface area contributed by atoms with Gasteiger partial charge in [-0.1, -0.05) is 6.07 Å². The normalized spacial score (nSPS) is 25.0. The lowest BCUT2D eigenvalue weighted by atomic mass is 9.88. The first-order valence-electron chi connectivity index (χ1n) is 9.43. The fourth-order valence-corrected chi connectivity index (χ4v) is 3.83. The van der Waals surface area contributed by atoms with Crippen molar-refractivity contribution in [1.29, 1.82) is 0 Å². The topological polar surface area (TPSA) is 100 Å². The number of methoxy groups -OCH3 is 1. The van der Waals surface area contributed by atoms with Crippen molar-refractivity contribution < 1.29 is 14.9 Å². The maximum Gasteiger partial charge on any atom is 0.130 e. The van der Waals surface area contributed by atoms with Gasteiger partial charge in [0.1, 0.15) is 5.82 Å². The average molecular weight is 372 g/mol. The number of aromatic nitrogens is 3. The second-order valence-electron chi connectivity index (χ2n) is 7.03. The molecule has 3 rings (SSSR count). The molecule has 0 bridgehead atoms. The van der Waals surface area contributed by atoms with Gasteiger partial charge in [0.2, 0.25) is 0 Å². The van der Waals surface area contributed by atoms with Gasteiger partial charge in [-0.05, 0) is 37.0 Å². The molecule has 0 spiro atoms. The van der Waals surface area contributed by atoms with Crippen molar-refractivity contribution in [2.24, 2.45) is 11.8 Å². The van der Waals surface area contributed by atoms with Crippen LogP contribution in [-0.2, 0) is 24.1 Å². The lowest BCUT2D eigenvalue weighted by Crippen LogP contribution is -2.36. The van der Waals surface area contributed by atoms with Gasteiger partial charge < -0.3 is 20.3 Å². The van der Waals surface area contributed by atoms with Crippen LogP contribution >= 0.6 is 0 Å². The molecular formula is C20H28N4O3. The highest BCUT2D eigenvalue weighted by Gasteiger charge is 2.42. The van der Waals surface area contributed by atoms with Crippen molar-refractivity contribution in [1.82, 2.24) is 20.3 Å². The minimum atomic E-state index is -0.518. The molecule has 1 aliphatic rings. The van der Waals surface area contributed by atoms with Gasteiger partial charge in [0.15, 0.2) is 0 Å². The van der Waals surface area contributed by atoms with E-state index in [9.17, 15) is 10.2 Å². The number of aliphatic hydroxyl groups excluding tert-OH is 2. The van der Waals surface area contributed by atoms with E-state index in [4.69, 9.17) is 4.74 Å². The second-order valence-corrected chi connectivity index (χ2v) is 7.03. The fourth-order valence-electron chi connectivity index (χ4n) is 3.83. The highest BCUT2D eigenvalue weighted by Crippen LogP contribution is 2.34. The number of nitrogens with one attached hydrogen (secondary N) is 1. The Hall–Kier alpha value is -1.93. The Morgan fingerprint density at radius 3 is 2.78 bits per heavy atom. The van der Waals surface area contributed by atoms with Gasteiger partial charge in [-0.3, -0.25) is 4.98 Å². The number of hydrogen-bond donors (Lipinski definition) is 3. The summed E-state index contributed by atoms with van der Waals surface area (Å²) in [6.45, 7) is 1.18. The van der Waals surface area contributed by atoms with Crippen LogP contribution in [0.2, 0.25) is 0 Å². The van der Waals surface area contributed by atoms with Gasteiger partial charge >= 0.3 is 0 Å². The molecule has 2 heterocycles. The summed E-state index contributed by atoms with van der Waals surface area (Å²) >= 11 is 0. The Labute approximate surface area is 159 Å². The number of rotatable bonds is 9. The van der Waals surface area contributed by atoms with E-state index >= 15 is 0 Å². The third-order valence-corrected chi connectivity index (χ3v) is 5.28. The number of ether oxygens (including phenoxy) is 1. The van der Waals surface area contributed by atoms with Crippen LogP contribution in [-0.4, -0.2) is 57.6 Å². The highest BCUT2D eigenvalue weighted by molar-refractivity contribution is 5.09. The molecule has 7 nitrogen and oxygen atoms in total. The lowest BCUT2D eigenvalue weighted by Gasteiger charge is -2.25. The van der Waals surface area contributed by atoms with Crippen LogP contribution in [0.25, 0.3) is 0 Å². The molecule has 146 valence electrons. The van der Waals surface area contributed by atoms with Crippen LogP contribution in [0.5, 0.6) is 0 Å². The molecule has 0 saturated heterocycles. The van der Waals surface area contributed by atoms with Crippen molar-refractivity contribution in [2.75, 3.05) is 20.3 Å². The standard InChI is InChI=1S/C20H28N4O3/c1-27-9-6-20-22-8-5-14(24-20)10-16-17(13-25)19(26)11-18(16)23-12-15-4-2-3-7-21-15/h2-5,7-8,16-19,23,25-26H,6,9-13H2,1H3. The molecule has 7 heteroatoms. The zero-order valence-corrected chi connectivity index (χ0v) is 15.7. The van der Waals surface area contributed by atoms with Gasteiger partial charge in [0.05, 0.1) is 18.4 Å². The summed E-state index contributed by atoms with van der Waals surface area (Å²) in [4.78, 5) is 13.3. The van der Waals surface area contributed by atoms with Crippen LogP contribution in [0.4, 0.5) is 0 Å². The van der Waals surface area contributed by atoms with Crippen LogP contribution in [0.3, 0.4) is 0 Å². The summed E-state index contributed by atoms with van der Waals surface area (Å²) < 4.78 is 5.10. The summed E-state index contributed by atoms with van der Waals surface area (Å²) in [5, 5.41) is 23.7. The molecule has 4 atom stereocenters. The van der Waals surface area contributed by atoms with Crippen molar-refractivity contribution in [3.8, 4) is 0 Å². The molecule has 2 aromatic rings. The SMILES string of the molecule is COCCc1nccc(CC2C(NCc3ccccn3)CC(O)C2CO)n1. The van der Waals surface area contributed by atoms with Crippen molar-refractivity contribution in [3.63, 3.8) is 0 Å². The third kappa shape index (κ3) is 5.29. The van der Waals surface area contributed by atoms with E-state index in [-0.39, 0.29) is 24.5 Å². The second kappa shape index (κ2) is 9.85. The smallest absolute Gasteiger partial charge is 0.130 e. The molecular weight excluding hydrogens is 344 g/mol. The van der Waals surface area contributed by atoms with Crippen LogP contribution in [0.1, 0.15) is 23.6 Å². The third-order valence-electron chi connectivity index (χ3n) is 5.28. The van der Waals surface area contributed by atoms with Gasteiger partial charge in [0, 0.05) is 56.7 Å². The summed E-state index contributed by atoms with van der Waals surface area (Å²) in [5.41, 5.74) is 1.89. The van der Waals surface area contributed by atoms with Crippen molar-refractivity contribution in [3.05, 3.63) is 53.9 Å². The Morgan fingerprint density at radius 1 is 1.15 bits per heavy atom. The minimum absolute atomic E-state index is 0.0325. The number of pyridine rings is 1. The Bertz CT molecular complexity index is 701. The predicted molar refractivity (Wildman–Crippen MR) is 101 cm³/mol. The van der Waals surface area contributed by atoms with E-state index in [0.29, 0.717) is 32.4 Å². The summed E-state index contributed by atoms with van der Waals surface area (Å²) in [6, 6.07) is 7.83. The molecule has 0 radical (unpaired) electrons. The molecule has 27 heavy (non-hydrogen) atoms. The molecule has 0 aromatic carbocycles. The molecule has 0 amide bonds. The van der Waals surface area contributed by atoms with E-state index in [0.717, 1.165) is 17.2 Å². The van der Waals surface area contributed by atoms with Crippen molar-refractivity contribution >= 4 is 0 Å². The maximum atomic E-state index is 10.4. The Kier molecular flexibility index (Phi) is 7.23. The minimum Gasteiger partial charge on any atom is -0.396 e. The highest BCUT2D eigenvalue weighted by atomic mass is 16.5. The zero-order valence-electron chi connectivity index (χ0n) is 15.7. The quantitative estimate of drug-likeness (QED) is 0.597.